The molecule has 0 aliphatic heterocycles. The van der Waals surface area contributed by atoms with E-state index in [-0.39, 0.29) is 11.0 Å². The molecule has 0 heterocycles. The first kappa shape index (κ1) is 21.3. The van der Waals surface area contributed by atoms with Crippen LogP contribution in [0.15, 0.2) is 11.6 Å². The molecule has 5 heteroatoms. The van der Waals surface area contributed by atoms with Crippen LogP contribution < -0.4 is 0 Å². The second kappa shape index (κ2) is 8.84. The van der Waals surface area contributed by atoms with Gasteiger partial charge in [0.15, 0.2) is 8.32 Å². The zero-order valence-corrected chi connectivity index (χ0v) is 16.5. The van der Waals surface area contributed by atoms with E-state index in [0.717, 1.165) is 6.42 Å². The second-order valence-corrected chi connectivity index (χ2v) is 12.0. The fourth-order valence-electron chi connectivity index (χ4n) is 1.76. The van der Waals surface area contributed by atoms with Crippen LogP contribution in [0, 0.1) is 0 Å². The van der Waals surface area contributed by atoms with Crippen molar-refractivity contribution < 1.29 is 19.1 Å². The Kier molecular flexibility index (Phi) is 8.58. The lowest BCUT2D eigenvalue weighted by Crippen LogP contribution is -2.46. The van der Waals surface area contributed by atoms with Gasteiger partial charge in [-0.1, -0.05) is 34.1 Å². The number of ether oxygens (including phenoxy) is 1. The van der Waals surface area contributed by atoms with Crippen molar-refractivity contribution in [2.45, 2.75) is 84.7 Å². The minimum absolute atomic E-state index is 0.0445. The fraction of sp³-hybridized carbons (Fsp3) is 0.824. The number of hydrogen-bond acceptors (Lipinski definition) is 4. The van der Waals surface area contributed by atoms with E-state index in [2.05, 4.69) is 33.9 Å². The maximum absolute atomic E-state index is 11.8. The predicted molar refractivity (Wildman–Crippen MR) is 93.4 cm³/mol. The Labute approximate surface area is 137 Å². The van der Waals surface area contributed by atoms with E-state index < -0.39 is 20.5 Å². The second-order valence-electron chi connectivity index (χ2n) is 7.27. The Bertz CT molecular complexity index is 383. The molecule has 0 fully saturated rings. The molecule has 0 aromatic heterocycles. The maximum atomic E-state index is 11.8. The zero-order valence-electron chi connectivity index (χ0n) is 15.5. The van der Waals surface area contributed by atoms with E-state index in [1.807, 2.05) is 6.92 Å². The molecular weight excluding hydrogens is 296 g/mol. The van der Waals surface area contributed by atoms with Crippen LogP contribution in [0.3, 0.4) is 0 Å². The highest BCUT2D eigenvalue weighted by molar-refractivity contribution is 6.74. The summed E-state index contributed by atoms with van der Waals surface area (Å²) in [5.41, 5.74) is 0.487. The van der Waals surface area contributed by atoms with Crippen LogP contribution in [0.2, 0.25) is 18.1 Å². The topological polar surface area (TPSA) is 55.8 Å². The summed E-state index contributed by atoms with van der Waals surface area (Å²) < 4.78 is 11.3. The molecule has 0 radical (unpaired) electrons. The van der Waals surface area contributed by atoms with Crippen molar-refractivity contribution >= 4 is 14.3 Å². The van der Waals surface area contributed by atoms with Crippen molar-refractivity contribution in [3.8, 4) is 0 Å². The van der Waals surface area contributed by atoms with Gasteiger partial charge in [-0.15, -0.1) is 0 Å². The van der Waals surface area contributed by atoms with Crippen molar-refractivity contribution in [2.75, 3.05) is 6.61 Å². The highest BCUT2D eigenvalue weighted by Crippen LogP contribution is 2.38. The molecule has 2 atom stereocenters. The standard InChI is InChI=1S/C17H34O4Si/c1-9-11-14(18)15(12-13(3)16(19)20-10-2)21-22(7,8)17(4,5)6/h12,14-15,18H,9-11H2,1-8H3/b13-12+/t14-,15-/m0/s1. The molecule has 0 spiro atoms. The summed E-state index contributed by atoms with van der Waals surface area (Å²) in [5.74, 6) is -0.352. The Balaban J connectivity index is 5.31. The van der Waals surface area contributed by atoms with Crippen molar-refractivity contribution in [3.63, 3.8) is 0 Å². The average molecular weight is 331 g/mol. The molecule has 0 amide bonds. The third kappa shape index (κ3) is 6.63. The van der Waals surface area contributed by atoms with E-state index in [4.69, 9.17) is 9.16 Å². The molecule has 0 aromatic rings. The van der Waals surface area contributed by atoms with E-state index in [1.165, 1.54) is 0 Å². The van der Waals surface area contributed by atoms with Crippen molar-refractivity contribution in [1.29, 1.82) is 0 Å². The Morgan fingerprint density at radius 2 is 1.82 bits per heavy atom. The van der Waals surface area contributed by atoms with Gasteiger partial charge in [0.2, 0.25) is 0 Å². The molecular formula is C17H34O4Si. The van der Waals surface area contributed by atoms with Gasteiger partial charge >= 0.3 is 5.97 Å². The molecule has 0 saturated heterocycles. The monoisotopic (exact) mass is 330 g/mol. The lowest BCUT2D eigenvalue weighted by Gasteiger charge is -2.39. The largest absolute Gasteiger partial charge is 0.463 e. The summed E-state index contributed by atoms with van der Waals surface area (Å²) in [7, 11) is -2.04. The smallest absolute Gasteiger partial charge is 0.333 e. The summed E-state index contributed by atoms with van der Waals surface area (Å²) in [5, 5.41) is 10.4. The lowest BCUT2D eigenvalue weighted by molar-refractivity contribution is -0.138. The first-order valence-electron chi connectivity index (χ1n) is 8.17. The van der Waals surface area contributed by atoms with Crippen LogP contribution in [0.25, 0.3) is 0 Å². The molecule has 0 aromatic carbocycles. The van der Waals surface area contributed by atoms with Crippen molar-refractivity contribution in [3.05, 3.63) is 11.6 Å². The number of aliphatic hydroxyl groups is 1. The van der Waals surface area contributed by atoms with E-state index in [1.54, 1.807) is 19.9 Å². The van der Waals surface area contributed by atoms with Crippen LogP contribution in [0.1, 0.15) is 54.4 Å². The Hall–Kier alpha value is -0.653. The molecule has 130 valence electrons. The summed E-state index contributed by atoms with van der Waals surface area (Å²) >= 11 is 0. The summed E-state index contributed by atoms with van der Waals surface area (Å²) in [4.78, 5) is 11.8. The normalized spacial score (nSPS) is 16.3. The van der Waals surface area contributed by atoms with Crippen molar-refractivity contribution in [1.82, 2.24) is 0 Å². The van der Waals surface area contributed by atoms with Crippen LogP contribution >= 0.6 is 0 Å². The summed E-state index contributed by atoms with van der Waals surface area (Å²) in [6.07, 6.45) is 2.16. The predicted octanol–water partition coefficient (Wildman–Crippen LogP) is 4.05. The first-order chi connectivity index (χ1) is 9.96. The van der Waals surface area contributed by atoms with E-state index in [9.17, 15) is 9.90 Å². The minimum atomic E-state index is -2.04. The maximum Gasteiger partial charge on any atom is 0.333 e. The third-order valence-electron chi connectivity index (χ3n) is 4.21. The number of rotatable bonds is 8. The molecule has 0 rings (SSSR count). The van der Waals surface area contributed by atoms with Crippen molar-refractivity contribution in [2.24, 2.45) is 0 Å². The van der Waals surface area contributed by atoms with Gasteiger partial charge in [0.05, 0.1) is 18.8 Å². The molecule has 1 N–H and O–H groups in total. The highest BCUT2D eigenvalue weighted by atomic mass is 28.4. The van der Waals surface area contributed by atoms with Crippen LogP contribution in [0.4, 0.5) is 0 Å². The SMILES string of the molecule is CCC[C@H](O)[C@H](/C=C(\C)C(=O)OCC)O[Si](C)(C)C(C)(C)C. The number of hydrogen-bond donors (Lipinski definition) is 1. The highest BCUT2D eigenvalue weighted by Gasteiger charge is 2.40. The number of esters is 1. The minimum Gasteiger partial charge on any atom is -0.463 e. The lowest BCUT2D eigenvalue weighted by atomic mass is 10.1. The molecule has 0 aliphatic rings. The van der Waals surface area contributed by atoms with Gasteiger partial charge in [-0.05, 0) is 44.5 Å². The first-order valence-corrected chi connectivity index (χ1v) is 11.1. The van der Waals surface area contributed by atoms with Gasteiger partial charge < -0.3 is 14.3 Å². The van der Waals surface area contributed by atoms with E-state index in [0.29, 0.717) is 18.6 Å². The van der Waals surface area contributed by atoms with Crippen LogP contribution in [0.5, 0.6) is 0 Å². The van der Waals surface area contributed by atoms with Gasteiger partial charge in [0.25, 0.3) is 0 Å². The van der Waals surface area contributed by atoms with Gasteiger partial charge in [-0.25, -0.2) is 4.79 Å². The molecule has 0 saturated carbocycles. The molecule has 22 heavy (non-hydrogen) atoms. The van der Waals surface area contributed by atoms with Gasteiger partial charge in [0.1, 0.15) is 0 Å². The van der Waals surface area contributed by atoms with Crippen LogP contribution in [-0.2, 0) is 14.0 Å². The zero-order chi connectivity index (χ0) is 17.6. The number of carbonyl (C=O) groups excluding carboxylic acids is 1. The average Bonchev–Trinajstić information content (AvgIpc) is 2.36. The quantitative estimate of drug-likeness (QED) is 0.414. The Morgan fingerprint density at radius 3 is 2.23 bits per heavy atom. The van der Waals surface area contributed by atoms with E-state index >= 15 is 0 Å². The molecule has 0 bridgehead atoms. The van der Waals surface area contributed by atoms with Crippen LogP contribution in [-0.4, -0.2) is 38.2 Å². The van der Waals surface area contributed by atoms with Gasteiger partial charge in [-0.2, -0.15) is 0 Å². The number of aliphatic hydroxyl groups excluding tert-OH is 1. The summed E-state index contributed by atoms with van der Waals surface area (Å²) in [6.45, 7) is 16.6. The number of carbonyl (C=O) groups is 1. The Morgan fingerprint density at radius 1 is 1.27 bits per heavy atom. The van der Waals surface area contributed by atoms with Gasteiger partial charge in [-0.3, -0.25) is 0 Å². The fourth-order valence-corrected chi connectivity index (χ4v) is 3.02. The van der Waals surface area contributed by atoms with Gasteiger partial charge in [0, 0.05) is 5.57 Å². The molecule has 0 unspecified atom stereocenters. The molecule has 4 nitrogen and oxygen atoms in total. The summed E-state index contributed by atoms with van der Waals surface area (Å²) in [6, 6.07) is 0. The third-order valence-corrected chi connectivity index (χ3v) is 8.69. The molecule has 0 aliphatic carbocycles.